The van der Waals surface area contributed by atoms with Crippen LogP contribution in [0.5, 0.6) is 5.75 Å². The van der Waals surface area contributed by atoms with Crippen molar-refractivity contribution in [2.24, 2.45) is 17.8 Å². The van der Waals surface area contributed by atoms with Crippen LogP contribution in [-0.4, -0.2) is 72.2 Å². The standard InChI is InChI=1S/C27H41N3O4/c1-18-14-30(19(2)17-31)27(33)23-13-22(28-26(32)21-9-10-21)11-12-24(23)34-25(18)16-29(3)15-20-7-5-4-6-8-20/h11-13,18-21,25,31H,4-10,14-17H2,1-3H3,(H,28,32)/t18-,19+,25-/m0/s1. The van der Waals surface area contributed by atoms with Crippen molar-refractivity contribution in [2.45, 2.75) is 70.9 Å². The lowest BCUT2D eigenvalue weighted by atomic mass is 9.89. The third-order valence-corrected chi connectivity index (χ3v) is 7.67. The van der Waals surface area contributed by atoms with Crippen LogP contribution in [0, 0.1) is 17.8 Å². The van der Waals surface area contributed by atoms with Crippen LogP contribution in [-0.2, 0) is 4.79 Å². The highest BCUT2D eigenvalue weighted by Gasteiger charge is 2.34. The molecule has 188 valence electrons. The number of likely N-dealkylation sites (N-methyl/N-ethyl adjacent to an activating group) is 1. The van der Waals surface area contributed by atoms with E-state index < -0.39 is 0 Å². The van der Waals surface area contributed by atoms with Crippen LogP contribution in [0.4, 0.5) is 5.69 Å². The molecular weight excluding hydrogens is 430 g/mol. The summed E-state index contributed by atoms with van der Waals surface area (Å²) in [6, 6.07) is 5.06. The summed E-state index contributed by atoms with van der Waals surface area (Å²) in [5.41, 5.74) is 1.06. The minimum Gasteiger partial charge on any atom is -0.488 e. The van der Waals surface area contributed by atoms with Crippen molar-refractivity contribution < 1.29 is 19.4 Å². The second-order valence-electron chi connectivity index (χ2n) is 10.8. The van der Waals surface area contributed by atoms with Gasteiger partial charge in [0.15, 0.2) is 0 Å². The molecule has 0 unspecified atom stereocenters. The molecule has 0 saturated heterocycles. The minimum atomic E-state index is -0.300. The first-order chi connectivity index (χ1) is 16.4. The monoisotopic (exact) mass is 471 g/mol. The predicted molar refractivity (Wildman–Crippen MR) is 133 cm³/mol. The number of hydrogen-bond donors (Lipinski definition) is 2. The zero-order valence-corrected chi connectivity index (χ0v) is 21.0. The number of benzene rings is 1. The third kappa shape index (κ3) is 6.11. The molecule has 1 aromatic carbocycles. The Morgan fingerprint density at radius 1 is 1.21 bits per heavy atom. The van der Waals surface area contributed by atoms with E-state index in [9.17, 15) is 14.7 Å². The van der Waals surface area contributed by atoms with E-state index in [1.807, 2.05) is 19.1 Å². The molecule has 7 heteroatoms. The van der Waals surface area contributed by atoms with Gasteiger partial charge in [-0.2, -0.15) is 0 Å². The predicted octanol–water partition coefficient (Wildman–Crippen LogP) is 3.77. The Bertz CT molecular complexity index is 865. The second-order valence-corrected chi connectivity index (χ2v) is 10.8. The molecule has 1 aromatic rings. The Morgan fingerprint density at radius 3 is 2.62 bits per heavy atom. The molecule has 1 aliphatic heterocycles. The molecule has 3 aliphatic rings. The number of fused-ring (bicyclic) bond motifs is 1. The van der Waals surface area contributed by atoms with Gasteiger partial charge < -0.3 is 25.0 Å². The summed E-state index contributed by atoms with van der Waals surface area (Å²) in [5.74, 6) is 1.33. The molecule has 0 aromatic heterocycles. The van der Waals surface area contributed by atoms with Crippen molar-refractivity contribution in [3.05, 3.63) is 23.8 Å². The summed E-state index contributed by atoms with van der Waals surface area (Å²) in [6.45, 7) is 6.27. The first-order valence-electron chi connectivity index (χ1n) is 13.1. The van der Waals surface area contributed by atoms with Crippen molar-refractivity contribution in [3.63, 3.8) is 0 Å². The van der Waals surface area contributed by atoms with Crippen molar-refractivity contribution in [3.8, 4) is 5.75 Å². The Labute approximate surface area is 203 Å². The van der Waals surface area contributed by atoms with Crippen LogP contribution in [0.3, 0.4) is 0 Å². The zero-order valence-electron chi connectivity index (χ0n) is 21.0. The maximum Gasteiger partial charge on any atom is 0.258 e. The number of anilines is 1. The maximum atomic E-state index is 13.5. The van der Waals surface area contributed by atoms with Crippen molar-refractivity contribution in [2.75, 3.05) is 38.6 Å². The number of amides is 2. The van der Waals surface area contributed by atoms with Gasteiger partial charge in [0.25, 0.3) is 5.91 Å². The normalized spacial score (nSPS) is 24.7. The molecule has 2 N–H and O–H groups in total. The Kier molecular flexibility index (Phi) is 8.14. The van der Waals surface area contributed by atoms with Crippen LogP contribution in [0.1, 0.15) is 69.2 Å². The molecule has 34 heavy (non-hydrogen) atoms. The van der Waals surface area contributed by atoms with Crippen molar-refractivity contribution >= 4 is 17.5 Å². The summed E-state index contributed by atoms with van der Waals surface area (Å²) in [7, 11) is 2.17. The molecule has 2 aliphatic carbocycles. The van der Waals surface area contributed by atoms with Gasteiger partial charge >= 0.3 is 0 Å². The fraction of sp³-hybridized carbons (Fsp3) is 0.704. The summed E-state index contributed by atoms with van der Waals surface area (Å²) < 4.78 is 6.50. The van der Waals surface area contributed by atoms with Gasteiger partial charge in [-0.05, 0) is 63.8 Å². The van der Waals surface area contributed by atoms with Crippen LogP contribution in [0.15, 0.2) is 18.2 Å². The number of nitrogens with zero attached hydrogens (tertiary/aromatic N) is 2. The summed E-state index contributed by atoms with van der Waals surface area (Å²) in [6.07, 6.45) is 8.40. The third-order valence-electron chi connectivity index (χ3n) is 7.67. The van der Waals surface area contributed by atoms with Gasteiger partial charge in [-0.25, -0.2) is 0 Å². The fourth-order valence-corrected chi connectivity index (χ4v) is 5.30. The number of ether oxygens (including phenoxy) is 1. The number of aliphatic hydroxyl groups is 1. The van der Waals surface area contributed by atoms with E-state index >= 15 is 0 Å². The topological polar surface area (TPSA) is 82.1 Å². The molecule has 4 rings (SSSR count). The number of aliphatic hydroxyl groups excluding tert-OH is 1. The van der Waals surface area contributed by atoms with E-state index in [0.717, 1.165) is 31.8 Å². The molecule has 2 amide bonds. The number of carbonyl (C=O) groups is 2. The highest BCUT2D eigenvalue weighted by atomic mass is 16.5. The molecule has 3 atom stereocenters. The first-order valence-corrected chi connectivity index (χ1v) is 13.1. The number of rotatable bonds is 8. The Hall–Kier alpha value is -2.12. The number of hydrogen-bond acceptors (Lipinski definition) is 5. The summed E-state index contributed by atoms with van der Waals surface area (Å²) in [4.78, 5) is 29.9. The smallest absolute Gasteiger partial charge is 0.258 e. The van der Waals surface area contributed by atoms with E-state index in [1.54, 1.807) is 11.0 Å². The molecule has 2 saturated carbocycles. The summed E-state index contributed by atoms with van der Waals surface area (Å²) >= 11 is 0. The van der Waals surface area contributed by atoms with Gasteiger partial charge in [-0.1, -0.05) is 26.2 Å². The van der Waals surface area contributed by atoms with E-state index in [4.69, 9.17) is 4.74 Å². The molecular formula is C27H41N3O4. The highest BCUT2D eigenvalue weighted by Crippen LogP contribution is 2.33. The minimum absolute atomic E-state index is 0.00980. The number of carbonyl (C=O) groups excluding carboxylic acids is 2. The lowest BCUT2D eigenvalue weighted by Crippen LogP contribution is -2.50. The average molecular weight is 472 g/mol. The Balaban J connectivity index is 1.55. The van der Waals surface area contributed by atoms with E-state index in [1.165, 1.54) is 32.1 Å². The second kappa shape index (κ2) is 11.1. The van der Waals surface area contributed by atoms with Crippen LogP contribution < -0.4 is 10.1 Å². The van der Waals surface area contributed by atoms with E-state index in [0.29, 0.717) is 23.5 Å². The number of nitrogens with one attached hydrogen (secondary N) is 1. The van der Waals surface area contributed by atoms with Gasteiger partial charge in [-0.3, -0.25) is 9.59 Å². The Morgan fingerprint density at radius 2 is 1.94 bits per heavy atom. The largest absolute Gasteiger partial charge is 0.488 e. The molecule has 0 spiro atoms. The maximum absolute atomic E-state index is 13.5. The van der Waals surface area contributed by atoms with E-state index in [-0.39, 0.29) is 42.4 Å². The average Bonchev–Trinajstić information content (AvgIpc) is 3.67. The highest BCUT2D eigenvalue weighted by molar-refractivity contribution is 6.00. The van der Waals surface area contributed by atoms with Gasteiger partial charge in [0, 0.05) is 37.2 Å². The van der Waals surface area contributed by atoms with Gasteiger partial charge in [0.2, 0.25) is 5.91 Å². The summed E-state index contributed by atoms with van der Waals surface area (Å²) in [5, 5.41) is 12.8. The molecule has 0 bridgehead atoms. The molecule has 2 fully saturated rings. The van der Waals surface area contributed by atoms with Gasteiger partial charge in [0.05, 0.1) is 18.2 Å². The molecule has 7 nitrogen and oxygen atoms in total. The SMILES string of the molecule is C[C@H](CO)N1C[C@H](C)[C@H](CN(C)CC2CCCCC2)Oc2ccc(NC(=O)C3CC3)cc2C1=O. The van der Waals surface area contributed by atoms with Crippen LogP contribution >= 0.6 is 0 Å². The lowest BCUT2D eigenvalue weighted by molar-refractivity contribution is -0.117. The van der Waals surface area contributed by atoms with Crippen LogP contribution in [0.25, 0.3) is 0 Å². The van der Waals surface area contributed by atoms with Gasteiger partial charge in [-0.15, -0.1) is 0 Å². The van der Waals surface area contributed by atoms with Crippen molar-refractivity contribution in [1.82, 2.24) is 9.80 Å². The molecule has 1 heterocycles. The van der Waals surface area contributed by atoms with Crippen molar-refractivity contribution in [1.29, 1.82) is 0 Å². The van der Waals surface area contributed by atoms with E-state index in [2.05, 4.69) is 24.2 Å². The first kappa shape index (κ1) is 25.0. The lowest BCUT2D eigenvalue weighted by Gasteiger charge is -2.38. The zero-order chi connectivity index (χ0) is 24.2. The van der Waals surface area contributed by atoms with Gasteiger partial charge in [0.1, 0.15) is 11.9 Å². The fourth-order valence-electron chi connectivity index (χ4n) is 5.30. The molecule has 0 radical (unpaired) electrons. The quantitative estimate of drug-likeness (QED) is 0.603. The van der Waals surface area contributed by atoms with Crippen LogP contribution in [0.2, 0.25) is 0 Å².